The minimum Gasteiger partial charge on any atom is -0.508 e. The molecule has 1 aliphatic rings. The summed E-state index contributed by atoms with van der Waals surface area (Å²) in [5, 5.41) is 12.7. The first-order chi connectivity index (χ1) is 13.5. The van der Waals surface area contributed by atoms with Gasteiger partial charge in [-0.15, -0.1) is 0 Å². The molecule has 0 fully saturated rings. The van der Waals surface area contributed by atoms with E-state index in [1.807, 2.05) is 12.1 Å². The maximum absolute atomic E-state index is 12.5. The Balaban J connectivity index is 1.60. The van der Waals surface area contributed by atoms with Gasteiger partial charge in [0.15, 0.2) is 0 Å². The molecule has 6 nitrogen and oxygen atoms in total. The van der Waals surface area contributed by atoms with Crippen LogP contribution in [-0.4, -0.2) is 49.8 Å². The first kappa shape index (κ1) is 20.0. The molecule has 0 atom stereocenters. The standard InChI is InChI=1S/C21H23ClN2O4/c1-27-19-12-20(28-2)18(11-17(19)22)23-21(26)13-24-9-7-15(8-10-24)14-3-5-16(25)6-4-14/h3-7,11-12,25H,8-10,13H2,1-2H3,(H,23,26). The Morgan fingerprint density at radius 3 is 2.50 bits per heavy atom. The van der Waals surface area contributed by atoms with Gasteiger partial charge in [-0.1, -0.05) is 29.8 Å². The van der Waals surface area contributed by atoms with Gasteiger partial charge < -0.3 is 19.9 Å². The van der Waals surface area contributed by atoms with Crippen LogP contribution in [0.15, 0.2) is 42.5 Å². The molecule has 0 bridgehead atoms. The second kappa shape index (κ2) is 8.99. The van der Waals surface area contributed by atoms with Crippen molar-refractivity contribution < 1.29 is 19.4 Å². The monoisotopic (exact) mass is 402 g/mol. The number of phenolic OH excluding ortho intramolecular Hbond substituents is 1. The van der Waals surface area contributed by atoms with Crippen LogP contribution in [0.1, 0.15) is 12.0 Å². The van der Waals surface area contributed by atoms with Crippen molar-refractivity contribution in [3.8, 4) is 17.2 Å². The third-order valence-electron chi connectivity index (χ3n) is 4.65. The lowest BCUT2D eigenvalue weighted by Gasteiger charge is -2.26. The summed E-state index contributed by atoms with van der Waals surface area (Å²) in [5.74, 6) is 1.09. The summed E-state index contributed by atoms with van der Waals surface area (Å²) in [5.41, 5.74) is 2.83. The Morgan fingerprint density at radius 1 is 1.18 bits per heavy atom. The fourth-order valence-electron chi connectivity index (χ4n) is 3.14. The van der Waals surface area contributed by atoms with E-state index >= 15 is 0 Å². The van der Waals surface area contributed by atoms with Crippen molar-refractivity contribution in [3.05, 3.63) is 53.1 Å². The largest absolute Gasteiger partial charge is 0.508 e. The summed E-state index contributed by atoms with van der Waals surface area (Å²) in [6, 6.07) is 10.4. The molecule has 0 spiro atoms. The minimum atomic E-state index is -0.138. The predicted molar refractivity (Wildman–Crippen MR) is 110 cm³/mol. The van der Waals surface area contributed by atoms with Crippen LogP contribution in [0.2, 0.25) is 5.02 Å². The zero-order chi connectivity index (χ0) is 20.1. The lowest BCUT2D eigenvalue weighted by atomic mass is 9.99. The number of benzene rings is 2. The number of aromatic hydroxyl groups is 1. The molecule has 0 saturated heterocycles. The van der Waals surface area contributed by atoms with E-state index in [1.165, 1.54) is 19.8 Å². The molecule has 0 aromatic heterocycles. The van der Waals surface area contributed by atoms with Gasteiger partial charge in [-0.25, -0.2) is 0 Å². The first-order valence-corrected chi connectivity index (χ1v) is 9.30. The summed E-state index contributed by atoms with van der Waals surface area (Å²) in [6.45, 7) is 1.73. The highest BCUT2D eigenvalue weighted by Crippen LogP contribution is 2.35. The Hall–Kier alpha value is -2.70. The van der Waals surface area contributed by atoms with E-state index in [1.54, 1.807) is 24.3 Å². The Labute approximate surface area is 169 Å². The Kier molecular flexibility index (Phi) is 6.44. The zero-order valence-electron chi connectivity index (χ0n) is 15.9. The number of phenols is 1. The van der Waals surface area contributed by atoms with Gasteiger partial charge in [0.2, 0.25) is 5.91 Å². The van der Waals surface area contributed by atoms with E-state index in [-0.39, 0.29) is 18.2 Å². The highest BCUT2D eigenvalue weighted by atomic mass is 35.5. The molecule has 7 heteroatoms. The van der Waals surface area contributed by atoms with E-state index in [9.17, 15) is 9.90 Å². The van der Waals surface area contributed by atoms with Crippen LogP contribution in [0.25, 0.3) is 5.57 Å². The van der Waals surface area contributed by atoms with Crippen LogP contribution in [0, 0.1) is 0 Å². The van der Waals surface area contributed by atoms with Gasteiger partial charge >= 0.3 is 0 Å². The quantitative estimate of drug-likeness (QED) is 0.769. The molecule has 1 heterocycles. The van der Waals surface area contributed by atoms with Crippen LogP contribution in [-0.2, 0) is 4.79 Å². The number of nitrogens with one attached hydrogen (secondary N) is 1. The summed E-state index contributed by atoms with van der Waals surface area (Å²) in [4.78, 5) is 14.5. The second-order valence-corrected chi connectivity index (χ2v) is 6.90. The van der Waals surface area contributed by atoms with Crippen LogP contribution in [0.5, 0.6) is 17.2 Å². The molecular formula is C21H23ClN2O4. The fourth-order valence-corrected chi connectivity index (χ4v) is 3.38. The number of hydrogen-bond acceptors (Lipinski definition) is 5. The number of amides is 1. The molecule has 0 saturated carbocycles. The number of hydrogen-bond donors (Lipinski definition) is 2. The van der Waals surface area contributed by atoms with E-state index in [4.69, 9.17) is 21.1 Å². The maximum Gasteiger partial charge on any atom is 0.238 e. The molecule has 0 radical (unpaired) electrons. The van der Waals surface area contributed by atoms with Gasteiger partial charge in [0, 0.05) is 19.2 Å². The van der Waals surface area contributed by atoms with Crippen molar-refractivity contribution in [1.29, 1.82) is 0 Å². The minimum absolute atomic E-state index is 0.138. The van der Waals surface area contributed by atoms with Crippen molar-refractivity contribution >= 4 is 28.8 Å². The molecule has 148 valence electrons. The molecule has 0 aliphatic carbocycles. The number of rotatable bonds is 6. The highest BCUT2D eigenvalue weighted by molar-refractivity contribution is 6.32. The third-order valence-corrected chi connectivity index (χ3v) is 4.94. The Morgan fingerprint density at radius 2 is 1.89 bits per heavy atom. The summed E-state index contributed by atoms with van der Waals surface area (Å²) in [6.07, 6.45) is 2.96. The van der Waals surface area contributed by atoms with E-state index in [0.717, 1.165) is 18.5 Å². The van der Waals surface area contributed by atoms with Gasteiger partial charge in [-0.05, 0) is 35.8 Å². The smallest absolute Gasteiger partial charge is 0.238 e. The van der Waals surface area contributed by atoms with E-state index < -0.39 is 0 Å². The topological polar surface area (TPSA) is 71.0 Å². The summed E-state index contributed by atoms with van der Waals surface area (Å²) < 4.78 is 10.5. The van der Waals surface area contributed by atoms with Crippen molar-refractivity contribution in [3.63, 3.8) is 0 Å². The maximum atomic E-state index is 12.5. The van der Waals surface area contributed by atoms with Crippen molar-refractivity contribution in [2.75, 3.05) is 39.2 Å². The van der Waals surface area contributed by atoms with Gasteiger partial charge in [0.1, 0.15) is 17.2 Å². The van der Waals surface area contributed by atoms with Crippen molar-refractivity contribution in [2.24, 2.45) is 0 Å². The summed E-state index contributed by atoms with van der Waals surface area (Å²) in [7, 11) is 3.05. The van der Waals surface area contributed by atoms with Gasteiger partial charge in [-0.3, -0.25) is 9.69 Å². The number of carbonyl (C=O) groups is 1. The van der Waals surface area contributed by atoms with Crippen LogP contribution >= 0.6 is 11.6 Å². The molecule has 28 heavy (non-hydrogen) atoms. The van der Waals surface area contributed by atoms with E-state index in [0.29, 0.717) is 28.8 Å². The van der Waals surface area contributed by atoms with Crippen molar-refractivity contribution in [1.82, 2.24) is 4.90 Å². The second-order valence-electron chi connectivity index (χ2n) is 6.50. The zero-order valence-corrected chi connectivity index (χ0v) is 16.6. The fraction of sp³-hybridized carbons (Fsp3) is 0.286. The lowest BCUT2D eigenvalue weighted by molar-refractivity contribution is -0.117. The number of anilines is 1. The van der Waals surface area contributed by atoms with Gasteiger partial charge in [0.05, 0.1) is 31.5 Å². The third kappa shape index (κ3) is 4.77. The van der Waals surface area contributed by atoms with Crippen molar-refractivity contribution in [2.45, 2.75) is 6.42 Å². The molecule has 2 N–H and O–H groups in total. The molecule has 1 amide bonds. The lowest BCUT2D eigenvalue weighted by Crippen LogP contribution is -2.36. The molecular weight excluding hydrogens is 380 g/mol. The Bertz CT molecular complexity index is 881. The van der Waals surface area contributed by atoms with Crippen LogP contribution < -0.4 is 14.8 Å². The average molecular weight is 403 g/mol. The van der Waals surface area contributed by atoms with Crippen LogP contribution in [0.3, 0.4) is 0 Å². The summed E-state index contributed by atoms with van der Waals surface area (Å²) >= 11 is 6.15. The molecule has 3 rings (SSSR count). The molecule has 0 unspecified atom stereocenters. The van der Waals surface area contributed by atoms with E-state index in [2.05, 4.69) is 16.3 Å². The number of carbonyl (C=O) groups excluding carboxylic acids is 1. The molecule has 2 aromatic carbocycles. The molecule has 1 aliphatic heterocycles. The number of methoxy groups -OCH3 is 2. The average Bonchev–Trinajstić information content (AvgIpc) is 2.69. The SMILES string of the molecule is COc1cc(OC)c(NC(=O)CN2CC=C(c3ccc(O)cc3)CC2)cc1Cl. The normalized spacial score (nSPS) is 14.3. The van der Waals surface area contributed by atoms with Gasteiger partial charge in [0.25, 0.3) is 0 Å². The number of halogens is 1. The number of nitrogens with zero attached hydrogens (tertiary/aromatic N) is 1. The number of ether oxygens (including phenoxy) is 2. The highest BCUT2D eigenvalue weighted by Gasteiger charge is 2.18. The predicted octanol–water partition coefficient (Wildman–Crippen LogP) is 3.79. The molecule has 2 aromatic rings. The van der Waals surface area contributed by atoms with Crippen LogP contribution in [0.4, 0.5) is 5.69 Å². The van der Waals surface area contributed by atoms with Gasteiger partial charge in [-0.2, -0.15) is 0 Å². The first-order valence-electron chi connectivity index (χ1n) is 8.92.